The fourth-order valence-corrected chi connectivity index (χ4v) is 5.92. The number of rotatable bonds is 13. The monoisotopic (exact) mass is 564 g/mol. The average Bonchev–Trinajstić information content (AvgIpc) is 3.21. The first-order chi connectivity index (χ1) is 16.3. The summed E-state index contributed by atoms with van der Waals surface area (Å²) in [5, 5.41) is 8.65. The van der Waals surface area contributed by atoms with Crippen LogP contribution < -0.4 is 4.90 Å². The van der Waals surface area contributed by atoms with Gasteiger partial charge < -0.3 is 10.0 Å². The molecule has 0 atom stereocenters. The number of thioether (sulfide) groups is 1. The Bertz CT molecular complexity index is 1020. The maximum Gasteiger partial charge on any atom is 0.303 e. The zero-order valence-electron chi connectivity index (χ0n) is 19.1. The number of carboxylic acids is 1. The van der Waals surface area contributed by atoms with Crippen molar-refractivity contribution >= 4 is 73.3 Å². The van der Waals surface area contributed by atoms with Gasteiger partial charge in [-0.2, -0.15) is 0 Å². The Morgan fingerprint density at radius 3 is 2.32 bits per heavy atom. The Kier molecular flexibility index (Phi) is 9.91. The lowest BCUT2D eigenvalue weighted by Crippen LogP contribution is -2.30. The van der Waals surface area contributed by atoms with Crippen LogP contribution >= 0.6 is 39.9 Å². The maximum absolute atomic E-state index is 13.2. The number of nitrogens with zero attached hydrogens (tertiary/aromatic N) is 2. The number of hydrogen-bond donors (Lipinski definition) is 1. The molecule has 1 saturated heterocycles. The van der Waals surface area contributed by atoms with Crippen LogP contribution in [0.5, 0.6) is 0 Å². The van der Waals surface area contributed by atoms with E-state index in [1.807, 2.05) is 18.2 Å². The molecule has 0 aliphatic carbocycles. The van der Waals surface area contributed by atoms with E-state index in [1.165, 1.54) is 11.8 Å². The summed E-state index contributed by atoms with van der Waals surface area (Å²) in [6, 6.07) is 5.63. The Hall–Kier alpha value is -1.97. The molecule has 0 aromatic heterocycles. The van der Waals surface area contributed by atoms with Gasteiger partial charge in [0, 0.05) is 29.5 Å². The van der Waals surface area contributed by atoms with E-state index in [9.17, 15) is 14.4 Å². The summed E-state index contributed by atoms with van der Waals surface area (Å²) in [6.07, 6.45) is 9.82. The third-order valence-electron chi connectivity index (χ3n) is 5.89. The van der Waals surface area contributed by atoms with E-state index in [4.69, 9.17) is 17.3 Å². The highest BCUT2D eigenvalue weighted by atomic mass is 79.9. The second-order valence-electron chi connectivity index (χ2n) is 8.37. The van der Waals surface area contributed by atoms with Gasteiger partial charge in [0.1, 0.15) is 4.32 Å². The molecule has 1 fully saturated rings. The minimum Gasteiger partial charge on any atom is -0.481 e. The molecule has 2 aliphatic rings. The molecule has 1 aromatic rings. The summed E-state index contributed by atoms with van der Waals surface area (Å²) in [7, 11) is 0. The van der Waals surface area contributed by atoms with Crippen molar-refractivity contribution in [1.82, 2.24) is 4.90 Å². The van der Waals surface area contributed by atoms with Gasteiger partial charge in [-0.05, 0) is 31.0 Å². The van der Waals surface area contributed by atoms with Crippen molar-refractivity contribution in [3.8, 4) is 0 Å². The average molecular weight is 566 g/mol. The van der Waals surface area contributed by atoms with E-state index in [-0.39, 0.29) is 18.2 Å². The highest BCUT2D eigenvalue weighted by molar-refractivity contribution is 9.10. The first kappa shape index (κ1) is 26.6. The molecule has 9 heteroatoms. The number of halogens is 1. The third kappa shape index (κ3) is 6.37. The molecule has 182 valence electrons. The maximum atomic E-state index is 13.2. The quantitative estimate of drug-likeness (QED) is 0.134. The van der Waals surface area contributed by atoms with E-state index in [1.54, 1.807) is 15.9 Å². The van der Waals surface area contributed by atoms with Crippen molar-refractivity contribution in [2.75, 3.05) is 18.0 Å². The van der Waals surface area contributed by atoms with Gasteiger partial charge in [-0.1, -0.05) is 84.5 Å². The number of carbonyl (C=O) groups excluding carboxylic acids is 2. The van der Waals surface area contributed by atoms with Crippen molar-refractivity contribution in [3.05, 3.63) is 45.8 Å². The predicted octanol–water partition coefficient (Wildman–Crippen LogP) is 6.15. The lowest BCUT2D eigenvalue weighted by atomic mass is 10.1. The summed E-state index contributed by atoms with van der Waals surface area (Å²) in [5.74, 6) is -1.12. The van der Waals surface area contributed by atoms with Gasteiger partial charge in [0.15, 0.2) is 0 Å². The van der Waals surface area contributed by atoms with Crippen LogP contribution in [0.2, 0.25) is 0 Å². The number of carboxylic acid groups (broad SMARTS) is 1. The Balaban J connectivity index is 1.56. The van der Waals surface area contributed by atoms with Crippen LogP contribution in [0.3, 0.4) is 0 Å². The van der Waals surface area contributed by atoms with Crippen LogP contribution in [0.15, 0.2) is 40.2 Å². The number of fused-ring (bicyclic) bond motifs is 1. The van der Waals surface area contributed by atoms with Gasteiger partial charge in [0.05, 0.1) is 16.2 Å². The molecular weight excluding hydrogens is 536 g/mol. The molecule has 2 heterocycles. The smallest absolute Gasteiger partial charge is 0.303 e. The van der Waals surface area contributed by atoms with Crippen molar-refractivity contribution in [2.45, 2.75) is 57.8 Å². The van der Waals surface area contributed by atoms with Crippen molar-refractivity contribution < 1.29 is 19.5 Å². The number of carbonyl (C=O) groups is 3. The zero-order chi connectivity index (χ0) is 24.7. The van der Waals surface area contributed by atoms with Crippen molar-refractivity contribution in [2.24, 2.45) is 0 Å². The Labute approximate surface area is 218 Å². The molecule has 0 bridgehead atoms. The Morgan fingerprint density at radius 1 is 1.03 bits per heavy atom. The standard InChI is InChI=1S/C25H29BrN2O4S2/c1-2-14-27-19-13-12-17(26)16-18(19)21(23(27)31)22-24(32)28(25(33)34-22)15-10-8-6-4-3-5-7-9-11-20(29)30/h2,12-13,16H,1,3-11,14-15H2,(H,29,30). The molecule has 2 aliphatic heterocycles. The second kappa shape index (κ2) is 12.7. The highest BCUT2D eigenvalue weighted by Crippen LogP contribution is 2.45. The first-order valence-electron chi connectivity index (χ1n) is 11.6. The lowest BCUT2D eigenvalue weighted by molar-refractivity contribution is -0.137. The topological polar surface area (TPSA) is 77.9 Å². The molecule has 1 N–H and O–H groups in total. The minimum atomic E-state index is -0.727. The number of aliphatic carboxylic acids is 1. The number of hydrogen-bond acceptors (Lipinski definition) is 5. The van der Waals surface area contributed by atoms with Crippen LogP contribution in [0.1, 0.15) is 63.4 Å². The van der Waals surface area contributed by atoms with Crippen molar-refractivity contribution in [1.29, 1.82) is 0 Å². The largest absolute Gasteiger partial charge is 0.481 e. The fourth-order valence-electron chi connectivity index (χ4n) is 4.18. The van der Waals surface area contributed by atoms with Gasteiger partial charge in [-0.25, -0.2) is 0 Å². The molecule has 6 nitrogen and oxygen atoms in total. The van der Waals surface area contributed by atoms with E-state index >= 15 is 0 Å². The second-order valence-corrected chi connectivity index (χ2v) is 10.9. The molecule has 34 heavy (non-hydrogen) atoms. The van der Waals surface area contributed by atoms with E-state index in [0.29, 0.717) is 27.9 Å². The van der Waals surface area contributed by atoms with Crippen LogP contribution in [-0.2, 0) is 14.4 Å². The molecule has 0 spiro atoms. The highest BCUT2D eigenvalue weighted by Gasteiger charge is 2.41. The molecular formula is C25H29BrN2O4S2. The molecule has 0 radical (unpaired) electrons. The van der Waals surface area contributed by atoms with Gasteiger partial charge in [0.25, 0.3) is 11.8 Å². The number of anilines is 1. The minimum absolute atomic E-state index is 0.192. The SMILES string of the molecule is C=CCN1C(=O)C(=C2SC(=S)N(CCCCCCCCCCC(=O)O)C2=O)c2cc(Br)ccc21. The molecule has 3 rings (SSSR count). The van der Waals surface area contributed by atoms with Gasteiger partial charge in [-0.3, -0.25) is 19.3 Å². The molecule has 0 unspecified atom stereocenters. The number of benzene rings is 1. The molecule has 0 saturated carbocycles. The van der Waals surface area contributed by atoms with Crippen LogP contribution in [-0.4, -0.2) is 45.2 Å². The number of unbranched alkanes of at least 4 members (excludes halogenated alkanes) is 7. The van der Waals surface area contributed by atoms with Crippen LogP contribution in [0, 0.1) is 0 Å². The van der Waals surface area contributed by atoms with E-state index in [2.05, 4.69) is 22.5 Å². The predicted molar refractivity (Wildman–Crippen MR) is 145 cm³/mol. The third-order valence-corrected chi connectivity index (χ3v) is 7.83. The molecule has 1 aromatic carbocycles. The summed E-state index contributed by atoms with van der Waals surface area (Å²) in [6.45, 7) is 4.67. The number of thiocarbonyl (C=S) groups is 1. The van der Waals surface area contributed by atoms with Crippen LogP contribution in [0.25, 0.3) is 5.57 Å². The van der Waals surface area contributed by atoms with E-state index in [0.717, 1.165) is 67.1 Å². The normalized spacial score (nSPS) is 17.6. The lowest BCUT2D eigenvalue weighted by Gasteiger charge is -2.14. The van der Waals surface area contributed by atoms with Crippen molar-refractivity contribution in [3.63, 3.8) is 0 Å². The summed E-state index contributed by atoms with van der Waals surface area (Å²) < 4.78 is 1.34. The zero-order valence-corrected chi connectivity index (χ0v) is 22.3. The van der Waals surface area contributed by atoms with Gasteiger partial charge >= 0.3 is 5.97 Å². The fraction of sp³-hybridized carbons (Fsp3) is 0.440. The van der Waals surface area contributed by atoms with Gasteiger partial charge in [-0.15, -0.1) is 6.58 Å². The Morgan fingerprint density at radius 2 is 1.68 bits per heavy atom. The van der Waals surface area contributed by atoms with E-state index < -0.39 is 5.97 Å². The first-order valence-corrected chi connectivity index (χ1v) is 13.6. The summed E-state index contributed by atoms with van der Waals surface area (Å²) >= 11 is 10.2. The summed E-state index contributed by atoms with van der Waals surface area (Å²) in [5.41, 5.74) is 1.93. The van der Waals surface area contributed by atoms with Crippen LogP contribution in [0.4, 0.5) is 5.69 Å². The number of amides is 2. The molecule has 2 amide bonds. The van der Waals surface area contributed by atoms with Gasteiger partial charge in [0.2, 0.25) is 0 Å². The summed E-state index contributed by atoms with van der Waals surface area (Å²) in [4.78, 5) is 40.6.